The van der Waals surface area contributed by atoms with E-state index in [-0.39, 0.29) is 0 Å². The van der Waals surface area contributed by atoms with Gasteiger partial charge in [0.25, 0.3) is 0 Å². The molecule has 1 heterocycles. The van der Waals surface area contributed by atoms with Gasteiger partial charge in [0.1, 0.15) is 11.6 Å². The molecule has 0 saturated carbocycles. The van der Waals surface area contributed by atoms with Crippen molar-refractivity contribution in [1.82, 2.24) is 4.98 Å². The van der Waals surface area contributed by atoms with E-state index in [9.17, 15) is 0 Å². The highest BCUT2D eigenvalue weighted by Crippen LogP contribution is 2.21. The van der Waals surface area contributed by atoms with Gasteiger partial charge in [0.2, 0.25) is 0 Å². The smallest absolute Gasteiger partial charge is 0.128 e. The molecular weight excluding hydrogens is 250 g/mol. The second kappa shape index (κ2) is 6.39. The third-order valence-electron chi connectivity index (χ3n) is 3.39. The number of aryl methyl sites for hydroxylation is 1. The molecule has 2 N–H and O–H groups in total. The van der Waals surface area contributed by atoms with E-state index in [0.29, 0.717) is 6.54 Å². The van der Waals surface area contributed by atoms with Crippen molar-refractivity contribution in [3.05, 3.63) is 53.2 Å². The molecule has 0 fully saturated rings. The molecule has 0 spiro atoms. The number of nitrogens with two attached hydrogens (primary N) is 1. The maximum atomic E-state index is 5.67. The van der Waals surface area contributed by atoms with Gasteiger partial charge in [0, 0.05) is 31.4 Å². The number of aromatic nitrogens is 1. The minimum absolute atomic E-state index is 0.523. The Labute approximate surface area is 120 Å². The summed E-state index contributed by atoms with van der Waals surface area (Å²) in [7, 11) is 3.72. The van der Waals surface area contributed by atoms with Gasteiger partial charge in [0.05, 0.1) is 7.11 Å². The molecule has 4 nitrogen and oxygen atoms in total. The predicted octanol–water partition coefficient (Wildman–Crippen LogP) is 2.49. The Balaban J connectivity index is 2.19. The largest absolute Gasteiger partial charge is 0.496 e. The Morgan fingerprint density at radius 3 is 2.55 bits per heavy atom. The van der Waals surface area contributed by atoms with E-state index in [1.54, 1.807) is 7.11 Å². The zero-order valence-corrected chi connectivity index (χ0v) is 12.3. The van der Waals surface area contributed by atoms with Crippen molar-refractivity contribution in [2.24, 2.45) is 5.73 Å². The van der Waals surface area contributed by atoms with Crippen LogP contribution in [0, 0.1) is 6.92 Å². The third-order valence-corrected chi connectivity index (χ3v) is 3.39. The highest BCUT2D eigenvalue weighted by atomic mass is 16.5. The quantitative estimate of drug-likeness (QED) is 0.907. The topological polar surface area (TPSA) is 51.4 Å². The lowest BCUT2D eigenvalue weighted by atomic mass is 10.1. The van der Waals surface area contributed by atoms with Crippen LogP contribution >= 0.6 is 0 Å². The van der Waals surface area contributed by atoms with Gasteiger partial charge in [-0.25, -0.2) is 4.98 Å². The Kier molecular flexibility index (Phi) is 4.58. The SMILES string of the molecule is COc1ccccc1CN(C)c1ccc(CN)c(C)n1. The van der Waals surface area contributed by atoms with Crippen molar-refractivity contribution < 1.29 is 4.74 Å². The van der Waals surface area contributed by atoms with Crippen LogP contribution in [0.25, 0.3) is 0 Å². The van der Waals surface area contributed by atoms with Crippen LogP contribution in [0.3, 0.4) is 0 Å². The lowest BCUT2D eigenvalue weighted by Gasteiger charge is -2.20. The van der Waals surface area contributed by atoms with Crippen molar-refractivity contribution >= 4 is 5.82 Å². The molecule has 106 valence electrons. The first kappa shape index (κ1) is 14.3. The fourth-order valence-electron chi connectivity index (χ4n) is 2.18. The summed E-state index contributed by atoms with van der Waals surface area (Å²) in [6.45, 7) is 3.26. The first-order valence-electron chi connectivity index (χ1n) is 6.65. The molecule has 2 aromatic rings. The zero-order chi connectivity index (χ0) is 14.5. The van der Waals surface area contributed by atoms with Gasteiger partial charge < -0.3 is 15.4 Å². The molecule has 0 amide bonds. The second-order valence-electron chi connectivity index (χ2n) is 4.79. The monoisotopic (exact) mass is 271 g/mol. The van der Waals surface area contributed by atoms with E-state index >= 15 is 0 Å². The molecule has 4 heteroatoms. The van der Waals surface area contributed by atoms with Crippen LogP contribution in [0.4, 0.5) is 5.82 Å². The van der Waals surface area contributed by atoms with Gasteiger partial charge in [-0.3, -0.25) is 0 Å². The third kappa shape index (κ3) is 3.08. The number of pyridine rings is 1. The summed E-state index contributed by atoms with van der Waals surface area (Å²) in [5.74, 6) is 1.83. The van der Waals surface area contributed by atoms with E-state index < -0.39 is 0 Å². The summed E-state index contributed by atoms with van der Waals surface area (Å²) in [5.41, 5.74) is 8.87. The molecule has 0 radical (unpaired) electrons. The Bertz CT molecular complexity index is 584. The summed E-state index contributed by atoms with van der Waals surface area (Å²) in [6.07, 6.45) is 0. The summed E-state index contributed by atoms with van der Waals surface area (Å²) in [5, 5.41) is 0. The van der Waals surface area contributed by atoms with Gasteiger partial charge in [-0.2, -0.15) is 0 Å². The summed E-state index contributed by atoms with van der Waals surface area (Å²) in [4.78, 5) is 6.70. The summed E-state index contributed by atoms with van der Waals surface area (Å²) in [6, 6.07) is 12.1. The lowest BCUT2D eigenvalue weighted by molar-refractivity contribution is 0.409. The number of ether oxygens (including phenoxy) is 1. The van der Waals surface area contributed by atoms with E-state index in [4.69, 9.17) is 10.5 Å². The van der Waals surface area contributed by atoms with Crippen molar-refractivity contribution in [3.8, 4) is 5.75 Å². The first-order chi connectivity index (χ1) is 9.65. The van der Waals surface area contributed by atoms with Gasteiger partial charge >= 0.3 is 0 Å². The number of hydrogen-bond donors (Lipinski definition) is 1. The number of anilines is 1. The molecule has 0 aliphatic heterocycles. The standard InChI is InChI=1S/C16H21N3O/c1-12-13(10-17)8-9-16(18-12)19(2)11-14-6-4-5-7-15(14)20-3/h4-9H,10-11,17H2,1-3H3. The Morgan fingerprint density at radius 2 is 1.90 bits per heavy atom. The van der Waals surface area contributed by atoms with Gasteiger partial charge in [-0.15, -0.1) is 0 Å². The minimum Gasteiger partial charge on any atom is -0.496 e. The molecule has 0 atom stereocenters. The number of hydrogen-bond acceptors (Lipinski definition) is 4. The van der Waals surface area contributed by atoms with E-state index in [0.717, 1.165) is 34.9 Å². The van der Waals surface area contributed by atoms with Crippen LogP contribution in [0.1, 0.15) is 16.8 Å². The van der Waals surface area contributed by atoms with E-state index in [2.05, 4.69) is 16.0 Å². The Hall–Kier alpha value is -2.07. The lowest BCUT2D eigenvalue weighted by Crippen LogP contribution is -2.19. The van der Waals surface area contributed by atoms with Crippen LogP contribution in [0.5, 0.6) is 5.75 Å². The van der Waals surface area contributed by atoms with Crippen LogP contribution in [-0.2, 0) is 13.1 Å². The molecule has 2 rings (SSSR count). The number of methoxy groups -OCH3 is 1. The average Bonchev–Trinajstić information content (AvgIpc) is 2.47. The molecular formula is C16H21N3O. The fourth-order valence-corrected chi connectivity index (χ4v) is 2.18. The number of rotatable bonds is 5. The van der Waals surface area contributed by atoms with Crippen LogP contribution < -0.4 is 15.4 Å². The molecule has 1 aromatic carbocycles. The maximum Gasteiger partial charge on any atom is 0.128 e. The number of nitrogens with zero attached hydrogens (tertiary/aromatic N) is 2. The molecule has 0 unspecified atom stereocenters. The van der Waals surface area contributed by atoms with Crippen LogP contribution in [0.2, 0.25) is 0 Å². The fraction of sp³-hybridized carbons (Fsp3) is 0.312. The molecule has 0 saturated heterocycles. The minimum atomic E-state index is 0.523. The predicted molar refractivity (Wildman–Crippen MR) is 82.0 cm³/mol. The summed E-state index contributed by atoms with van der Waals surface area (Å²) >= 11 is 0. The van der Waals surface area contributed by atoms with Crippen molar-refractivity contribution in [2.45, 2.75) is 20.0 Å². The molecule has 1 aromatic heterocycles. The molecule has 20 heavy (non-hydrogen) atoms. The van der Waals surface area contributed by atoms with Crippen LogP contribution in [-0.4, -0.2) is 19.1 Å². The highest BCUT2D eigenvalue weighted by molar-refractivity contribution is 5.44. The van der Waals surface area contributed by atoms with Crippen molar-refractivity contribution in [2.75, 3.05) is 19.1 Å². The first-order valence-corrected chi connectivity index (χ1v) is 6.65. The molecule has 0 aliphatic carbocycles. The average molecular weight is 271 g/mol. The van der Waals surface area contributed by atoms with Gasteiger partial charge in [0.15, 0.2) is 0 Å². The van der Waals surface area contributed by atoms with E-state index in [1.165, 1.54) is 0 Å². The molecule has 0 aliphatic rings. The van der Waals surface area contributed by atoms with Gasteiger partial charge in [-0.1, -0.05) is 24.3 Å². The number of para-hydroxylation sites is 1. The van der Waals surface area contributed by atoms with Crippen molar-refractivity contribution in [3.63, 3.8) is 0 Å². The Morgan fingerprint density at radius 1 is 1.15 bits per heavy atom. The van der Waals surface area contributed by atoms with E-state index in [1.807, 2.05) is 44.3 Å². The van der Waals surface area contributed by atoms with Gasteiger partial charge in [-0.05, 0) is 24.6 Å². The summed E-state index contributed by atoms with van der Waals surface area (Å²) < 4.78 is 5.38. The highest BCUT2D eigenvalue weighted by Gasteiger charge is 2.09. The van der Waals surface area contributed by atoms with Crippen molar-refractivity contribution in [1.29, 1.82) is 0 Å². The van der Waals surface area contributed by atoms with Crippen LogP contribution in [0.15, 0.2) is 36.4 Å². The maximum absolute atomic E-state index is 5.67. The second-order valence-corrected chi connectivity index (χ2v) is 4.79. The zero-order valence-electron chi connectivity index (χ0n) is 12.3. The normalized spacial score (nSPS) is 10.4. The number of benzene rings is 1. The molecule has 0 bridgehead atoms.